The third-order valence-corrected chi connectivity index (χ3v) is 3.60. The summed E-state index contributed by atoms with van der Waals surface area (Å²) in [6.07, 6.45) is 2.20. The van der Waals surface area contributed by atoms with Gasteiger partial charge >= 0.3 is 6.16 Å². The van der Waals surface area contributed by atoms with E-state index in [1.807, 2.05) is 18.2 Å². The van der Waals surface area contributed by atoms with E-state index in [0.717, 1.165) is 19.3 Å². The van der Waals surface area contributed by atoms with Crippen LogP contribution in [0.15, 0.2) is 54.6 Å². The lowest BCUT2D eigenvalue weighted by atomic mass is 10.1. The minimum atomic E-state index is -0.752. The summed E-state index contributed by atoms with van der Waals surface area (Å²) in [6, 6.07) is 16.7. The van der Waals surface area contributed by atoms with Gasteiger partial charge in [-0.2, -0.15) is 0 Å². The van der Waals surface area contributed by atoms with Crippen molar-refractivity contribution in [2.45, 2.75) is 26.2 Å². The van der Waals surface area contributed by atoms with Crippen molar-refractivity contribution in [3.05, 3.63) is 65.7 Å². The number of carbonyl (C=O) groups is 2. The summed E-state index contributed by atoms with van der Waals surface area (Å²) >= 11 is 0. The van der Waals surface area contributed by atoms with Crippen LogP contribution in [-0.2, 0) is 11.2 Å². The zero-order chi connectivity index (χ0) is 17.9. The van der Waals surface area contributed by atoms with Gasteiger partial charge in [0.15, 0.2) is 0 Å². The maximum absolute atomic E-state index is 12.1. The summed E-state index contributed by atoms with van der Waals surface area (Å²) in [5.41, 5.74) is 1.84. The van der Waals surface area contributed by atoms with Gasteiger partial charge in [0.1, 0.15) is 5.75 Å². The van der Waals surface area contributed by atoms with E-state index < -0.39 is 6.16 Å². The summed E-state index contributed by atoms with van der Waals surface area (Å²) in [7, 11) is 0. The first kappa shape index (κ1) is 18.5. The molecule has 2 rings (SSSR count). The van der Waals surface area contributed by atoms with E-state index in [1.165, 1.54) is 5.56 Å². The molecule has 1 amide bonds. The zero-order valence-corrected chi connectivity index (χ0v) is 14.4. The van der Waals surface area contributed by atoms with E-state index in [-0.39, 0.29) is 12.5 Å². The second-order valence-electron chi connectivity index (χ2n) is 5.51. The van der Waals surface area contributed by atoms with Crippen LogP contribution >= 0.6 is 0 Å². The van der Waals surface area contributed by atoms with Gasteiger partial charge in [0, 0.05) is 12.1 Å². The van der Waals surface area contributed by atoms with Gasteiger partial charge < -0.3 is 14.8 Å². The third-order valence-electron chi connectivity index (χ3n) is 3.60. The molecule has 5 heteroatoms. The molecule has 2 aromatic rings. The molecule has 0 aromatic heterocycles. The molecule has 2 aromatic carbocycles. The molecule has 0 unspecified atom stereocenters. The molecule has 0 bridgehead atoms. The largest absolute Gasteiger partial charge is 0.513 e. The number of rotatable bonds is 8. The molecule has 0 aliphatic rings. The Bertz CT molecular complexity index is 668. The summed E-state index contributed by atoms with van der Waals surface area (Å²) in [6.45, 7) is 2.59. The number of amides is 1. The fourth-order valence-electron chi connectivity index (χ4n) is 2.32. The van der Waals surface area contributed by atoms with Crippen molar-refractivity contribution in [1.82, 2.24) is 5.32 Å². The first-order chi connectivity index (χ1) is 12.2. The average Bonchev–Trinajstić information content (AvgIpc) is 2.63. The van der Waals surface area contributed by atoms with Crippen molar-refractivity contribution in [2.24, 2.45) is 0 Å². The van der Waals surface area contributed by atoms with Crippen molar-refractivity contribution in [2.75, 3.05) is 13.2 Å². The monoisotopic (exact) mass is 341 g/mol. The normalized spacial score (nSPS) is 10.1. The number of ether oxygens (including phenoxy) is 2. The van der Waals surface area contributed by atoms with Crippen molar-refractivity contribution >= 4 is 12.1 Å². The van der Waals surface area contributed by atoms with Crippen molar-refractivity contribution in [1.29, 1.82) is 0 Å². The van der Waals surface area contributed by atoms with Gasteiger partial charge in [-0.3, -0.25) is 4.79 Å². The van der Waals surface area contributed by atoms with Crippen molar-refractivity contribution < 1.29 is 19.1 Å². The highest BCUT2D eigenvalue weighted by Gasteiger charge is 2.08. The van der Waals surface area contributed by atoms with Crippen LogP contribution in [0, 0.1) is 0 Å². The number of benzene rings is 2. The maximum atomic E-state index is 12.1. The fraction of sp³-hybridized carbons (Fsp3) is 0.300. The number of hydrogen-bond donors (Lipinski definition) is 1. The summed E-state index contributed by atoms with van der Waals surface area (Å²) < 4.78 is 9.64. The van der Waals surface area contributed by atoms with Crippen LogP contribution in [0.1, 0.15) is 35.7 Å². The van der Waals surface area contributed by atoms with Crippen LogP contribution in [0.2, 0.25) is 0 Å². The molecule has 132 valence electrons. The predicted octanol–water partition coefficient (Wildman–Crippen LogP) is 3.97. The van der Waals surface area contributed by atoms with Gasteiger partial charge in [-0.25, -0.2) is 4.79 Å². The fourth-order valence-corrected chi connectivity index (χ4v) is 2.32. The summed E-state index contributed by atoms with van der Waals surface area (Å²) in [5, 5.41) is 2.89. The SMILES string of the molecule is CCOC(=O)Oc1ccc(C(=O)NCCCCc2ccccc2)cc1. The highest BCUT2D eigenvalue weighted by molar-refractivity contribution is 5.94. The Balaban J connectivity index is 1.69. The van der Waals surface area contributed by atoms with Gasteiger partial charge in [-0.15, -0.1) is 0 Å². The number of hydrogen-bond acceptors (Lipinski definition) is 4. The lowest BCUT2D eigenvalue weighted by molar-refractivity contribution is 0.0953. The Labute approximate surface area is 148 Å². The first-order valence-corrected chi connectivity index (χ1v) is 8.46. The van der Waals surface area contributed by atoms with Crippen LogP contribution in [0.3, 0.4) is 0 Å². The highest BCUT2D eigenvalue weighted by atomic mass is 16.7. The van der Waals surface area contributed by atoms with Crippen LogP contribution < -0.4 is 10.1 Å². The van der Waals surface area contributed by atoms with Crippen LogP contribution in [0.4, 0.5) is 4.79 Å². The van der Waals surface area contributed by atoms with Crippen molar-refractivity contribution in [3.63, 3.8) is 0 Å². The van der Waals surface area contributed by atoms with Gasteiger partial charge in [-0.05, 0) is 56.0 Å². The molecule has 0 saturated heterocycles. The van der Waals surface area contributed by atoms with Gasteiger partial charge in [-0.1, -0.05) is 30.3 Å². The zero-order valence-electron chi connectivity index (χ0n) is 14.4. The summed E-state index contributed by atoms with van der Waals surface area (Å²) in [4.78, 5) is 23.3. The molecule has 0 spiro atoms. The second-order valence-corrected chi connectivity index (χ2v) is 5.51. The molecule has 5 nitrogen and oxygen atoms in total. The quantitative estimate of drug-likeness (QED) is 0.448. The molecular formula is C20H23NO4. The topological polar surface area (TPSA) is 64.6 Å². The molecular weight excluding hydrogens is 318 g/mol. The lowest BCUT2D eigenvalue weighted by Crippen LogP contribution is -2.24. The third kappa shape index (κ3) is 6.67. The van der Waals surface area contributed by atoms with E-state index in [2.05, 4.69) is 17.4 Å². The molecule has 0 heterocycles. The van der Waals surface area contributed by atoms with E-state index in [0.29, 0.717) is 17.9 Å². The highest BCUT2D eigenvalue weighted by Crippen LogP contribution is 2.13. The van der Waals surface area contributed by atoms with E-state index in [4.69, 9.17) is 9.47 Å². The Morgan fingerprint density at radius 1 is 0.960 bits per heavy atom. The Kier molecular flexibility index (Phi) is 7.50. The second kappa shape index (κ2) is 10.1. The molecule has 0 aliphatic heterocycles. The molecule has 0 fully saturated rings. The van der Waals surface area contributed by atoms with E-state index in [1.54, 1.807) is 31.2 Å². The number of unbranched alkanes of at least 4 members (excludes halogenated alkanes) is 1. The Morgan fingerprint density at radius 2 is 1.68 bits per heavy atom. The number of aryl methyl sites for hydroxylation is 1. The summed E-state index contributed by atoms with van der Waals surface area (Å²) in [5.74, 6) is 0.209. The van der Waals surface area contributed by atoms with Crippen LogP contribution in [0.5, 0.6) is 5.75 Å². The maximum Gasteiger partial charge on any atom is 0.513 e. The van der Waals surface area contributed by atoms with Crippen LogP contribution in [0.25, 0.3) is 0 Å². The van der Waals surface area contributed by atoms with Gasteiger partial charge in [0.25, 0.3) is 5.91 Å². The first-order valence-electron chi connectivity index (χ1n) is 8.46. The molecule has 0 saturated carbocycles. The Morgan fingerprint density at radius 3 is 2.36 bits per heavy atom. The molecule has 1 N–H and O–H groups in total. The minimum absolute atomic E-state index is 0.137. The number of carbonyl (C=O) groups excluding carboxylic acids is 2. The lowest BCUT2D eigenvalue weighted by Gasteiger charge is -2.07. The molecule has 25 heavy (non-hydrogen) atoms. The predicted molar refractivity (Wildman–Crippen MR) is 95.8 cm³/mol. The van der Waals surface area contributed by atoms with Gasteiger partial charge in [0.05, 0.1) is 6.61 Å². The Hall–Kier alpha value is -2.82. The van der Waals surface area contributed by atoms with Crippen LogP contribution in [-0.4, -0.2) is 25.2 Å². The standard InChI is InChI=1S/C20H23NO4/c1-2-24-20(23)25-18-13-11-17(12-14-18)19(22)21-15-7-6-10-16-8-4-3-5-9-16/h3-5,8-9,11-14H,2,6-7,10,15H2,1H3,(H,21,22). The molecule has 0 radical (unpaired) electrons. The smallest absolute Gasteiger partial charge is 0.434 e. The van der Waals surface area contributed by atoms with E-state index in [9.17, 15) is 9.59 Å². The average molecular weight is 341 g/mol. The molecule has 0 aliphatic carbocycles. The van der Waals surface area contributed by atoms with E-state index >= 15 is 0 Å². The van der Waals surface area contributed by atoms with Crippen molar-refractivity contribution in [3.8, 4) is 5.75 Å². The molecule has 0 atom stereocenters. The van der Waals surface area contributed by atoms with Gasteiger partial charge in [0.2, 0.25) is 0 Å². The number of nitrogens with one attached hydrogen (secondary N) is 1. The minimum Gasteiger partial charge on any atom is -0.434 e.